The standard InChI is InChI=1S/C26H22ClIN2O4/c1-34-22-11-5-18(6-12-22)25(32)29(14-13-17-3-2-4-19(27)15-17)23-16-24(31)30(26(23)33)21-9-7-20(28)8-10-21/h2-12,15,23H,13-14,16H2,1H3. The van der Waals surface area contributed by atoms with Gasteiger partial charge in [0.15, 0.2) is 0 Å². The number of rotatable bonds is 7. The average molecular weight is 589 g/mol. The van der Waals surface area contributed by atoms with Crippen LogP contribution in [0.4, 0.5) is 5.69 Å². The fourth-order valence-electron chi connectivity index (χ4n) is 3.96. The SMILES string of the molecule is COc1ccc(C(=O)N(CCc2cccc(Cl)c2)C2CC(=O)N(c3ccc(I)cc3)C2=O)cc1. The maximum atomic E-state index is 13.5. The predicted octanol–water partition coefficient (Wildman–Crippen LogP) is 4.97. The van der Waals surface area contributed by atoms with Gasteiger partial charge in [-0.15, -0.1) is 0 Å². The molecule has 0 radical (unpaired) electrons. The van der Waals surface area contributed by atoms with Gasteiger partial charge in [-0.1, -0.05) is 23.7 Å². The molecule has 0 aliphatic carbocycles. The smallest absolute Gasteiger partial charge is 0.257 e. The lowest BCUT2D eigenvalue weighted by Gasteiger charge is -2.28. The number of halogens is 2. The number of carbonyl (C=O) groups is 3. The van der Waals surface area contributed by atoms with E-state index in [0.29, 0.717) is 28.4 Å². The Morgan fingerprint density at radius 1 is 1.09 bits per heavy atom. The quantitative estimate of drug-likeness (QED) is 0.289. The van der Waals surface area contributed by atoms with Crippen LogP contribution in [0.25, 0.3) is 0 Å². The van der Waals surface area contributed by atoms with Crippen LogP contribution in [0.3, 0.4) is 0 Å². The molecule has 6 nitrogen and oxygen atoms in total. The molecule has 1 aliphatic heterocycles. The third kappa shape index (κ3) is 5.26. The fourth-order valence-corrected chi connectivity index (χ4v) is 4.53. The van der Waals surface area contributed by atoms with E-state index in [1.807, 2.05) is 30.3 Å². The molecule has 34 heavy (non-hydrogen) atoms. The van der Waals surface area contributed by atoms with Crippen LogP contribution in [-0.4, -0.2) is 42.3 Å². The van der Waals surface area contributed by atoms with Gasteiger partial charge in [0, 0.05) is 20.7 Å². The van der Waals surface area contributed by atoms with Gasteiger partial charge in [0.25, 0.3) is 11.8 Å². The van der Waals surface area contributed by atoms with Gasteiger partial charge in [0.05, 0.1) is 19.2 Å². The van der Waals surface area contributed by atoms with E-state index >= 15 is 0 Å². The first-order chi connectivity index (χ1) is 16.4. The van der Waals surface area contributed by atoms with Crippen molar-refractivity contribution in [3.8, 4) is 5.75 Å². The van der Waals surface area contributed by atoms with Crippen LogP contribution in [0.15, 0.2) is 72.8 Å². The molecule has 0 bridgehead atoms. The van der Waals surface area contributed by atoms with Gasteiger partial charge < -0.3 is 9.64 Å². The molecule has 1 fully saturated rings. The normalized spacial score (nSPS) is 15.5. The summed E-state index contributed by atoms with van der Waals surface area (Å²) in [5.74, 6) is -0.426. The van der Waals surface area contributed by atoms with Crippen molar-refractivity contribution < 1.29 is 19.1 Å². The number of hydrogen-bond donors (Lipinski definition) is 0. The first kappa shape index (κ1) is 24.2. The summed E-state index contributed by atoms with van der Waals surface area (Å²) in [6.07, 6.45) is 0.423. The summed E-state index contributed by atoms with van der Waals surface area (Å²) >= 11 is 8.28. The third-order valence-electron chi connectivity index (χ3n) is 5.71. The molecule has 4 rings (SSSR count). The van der Waals surface area contributed by atoms with Crippen molar-refractivity contribution in [2.24, 2.45) is 0 Å². The summed E-state index contributed by atoms with van der Waals surface area (Å²) in [5, 5.41) is 0.600. The number of anilines is 1. The molecule has 174 valence electrons. The molecule has 0 spiro atoms. The van der Waals surface area contributed by atoms with Crippen LogP contribution in [0.2, 0.25) is 5.02 Å². The van der Waals surface area contributed by atoms with Crippen molar-refractivity contribution >= 4 is 57.6 Å². The van der Waals surface area contributed by atoms with Gasteiger partial charge in [0.1, 0.15) is 11.8 Å². The molecular formula is C26H22ClIN2O4. The number of benzene rings is 3. The van der Waals surface area contributed by atoms with Crippen molar-refractivity contribution in [2.75, 3.05) is 18.6 Å². The number of imide groups is 1. The molecule has 1 aliphatic rings. The average Bonchev–Trinajstić information content (AvgIpc) is 3.13. The number of carbonyl (C=O) groups excluding carboxylic acids is 3. The van der Waals surface area contributed by atoms with E-state index < -0.39 is 11.9 Å². The van der Waals surface area contributed by atoms with Gasteiger partial charge in [-0.05, 0) is 95.2 Å². The Morgan fingerprint density at radius 2 is 1.79 bits per heavy atom. The lowest BCUT2D eigenvalue weighted by atomic mass is 10.1. The van der Waals surface area contributed by atoms with Crippen molar-refractivity contribution in [2.45, 2.75) is 18.9 Å². The zero-order valence-corrected chi connectivity index (χ0v) is 21.3. The van der Waals surface area contributed by atoms with Gasteiger partial charge in [-0.3, -0.25) is 14.4 Å². The van der Waals surface area contributed by atoms with Crippen molar-refractivity contribution in [3.63, 3.8) is 0 Å². The molecule has 1 saturated heterocycles. The second-order valence-electron chi connectivity index (χ2n) is 7.87. The highest BCUT2D eigenvalue weighted by Crippen LogP contribution is 2.28. The number of nitrogens with zero attached hydrogens (tertiary/aromatic N) is 2. The lowest BCUT2D eigenvalue weighted by Crippen LogP contribution is -2.46. The fraction of sp³-hybridized carbons (Fsp3) is 0.192. The number of hydrogen-bond acceptors (Lipinski definition) is 4. The minimum atomic E-state index is -0.888. The molecule has 1 unspecified atom stereocenters. The summed E-state index contributed by atoms with van der Waals surface area (Å²) < 4.78 is 6.18. The van der Waals surface area contributed by atoms with E-state index in [9.17, 15) is 14.4 Å². The molecule has 1 heterocycles. The van der Waals surface area contributed by atoms with Crippen molar-refractivity contribution in [1.82, 2.24) is 4.90 Å². The van der Waals surface area contributed by atoms with Crippen molar-refractivity contribution in [1.29, 1.82) is 0 Å². The highest BCUT2D eigenvalue weighted by Gasteiger charge is 2.44. The van der Waals surface area contributed by atoms with Crippen LogP contribution in [0, 0.1) is 3.57 Å². The van der Waals surface area contributed by atoms with E-state index in [0.717, 1.165) is 9.13 Å². The van der Waals surface area contributed by atoms with Crippen LogP contribution >= 0.6 is 34.2 Å². The van der Waals surface area contributed by atoms with E-state index in [1.165, 1.54) is 9.80 Å². The summed E-state index contributed by atoms with van der Waals surface area (Å²) in [6, 6.07) is 20.3. The number of ether oxygens (including phenoxy) is 1. The van der Waals surface area contributed by atoms with E-state index in [2.05, 4.69) is 22.6 Å². The highest BCUT2D eigenvalue weighted by molar-refractivity contribution is 14.1. The summed E-state index contributed by atoms with van der Waals surface area (Å²) in [4.78, 5) is 42.5. The first-order valence-corrected chi connectivity index (χ1v) is 12.1. The van der Waals surface area contributed by atoms with E-state index in [-0.39, 0.29) is 24.8 Å². The predicted molar refractivity (Wildman–Crippen MR) is 139 cm³/mol. The molecular weight excluding hydrogens is 567 g/mol. The van der Waals surface area contributed by atoms with Crippen LogP contribution in [0.1, 0.15) is 22.3 Å². The first-order valence-electron chi connectivity index (χ1n) is 10.7. The second-order valence-corrected chi connectivity index (χ2v) is 9.55. The topological polar surface area (TPSA) is 66.9 Å². The Balaban J connectivity index is 1.63. The summed E-state index contributed by atoms with van der Waals surface area (Å²) in [7, 11) is 1.55. The largest absolute Gasteiger partial charge is 0.497 e. The molecule has 8 heteroatoms. The van der Waals surface area contributed by atoms with Gasteiger partial charge in [-0.25, -0.2) is 4.90 Å². The maximum absolute atomic E-state index is 13.5. The summed E-state index contributed by atoms with van der Waals surface area (Å²) in [6.45, 7) is 0.259. The third-order valence-corrected chi connectivity index (χ3v) is 6.67. The van der Waals surface area contributed by atoms with Crippen LogP contribution < -0.4 is 9.64 Å². The molecule has 0 saturated carbocycles. The monoisotopic (exact) mass is 588 g/mol. The Labute approximate surface area is 216 Å². The van der Waals surface area contributed by atoms with Gasteiger partial charge in [-0.2, -0.15) is 0 Å². The number of methoxy groups -OCH3 is 1. The Kier molecular flexibility index (Phi) is 7.53. The Bertz CT molecular complexity index is 1210. The molecule has 3 amide bonds. The van der Waals surface area contributed by atoms with E-state index in [1.54, 1.807) is 49.6 Å². The number of amides is 3. The van der Waals surface area contributed by atoms with Gasteiger partial charge in [0.2, 0.25) is 5.91 Å². The Morgan fingerprint density at radius 3 is 2.44 bits per heavy atom. The highest BCUT2D eigenvalue weighted by atomic mass is 127. The molecule has 0 N–H and O–H groups in total. The summed E-state index contributed by atoms with van der Waals surface area (Å²) in [5.41, 5.74) is 1.86. The minimum absolute atomic E-state index is 0.0672. The van der Waals surface area contributed by atoms with E-state index in [4.69, 9.17) is 16.3 Å². The Hall–Kier alpha value is -2.91. The zero-order chi connectivity index (χ0) is 24.2. The maximum Gasteiger partial charge on any atom is 0.257 e. The minimum Gasteiger partial charge on any atom is -0.497 e. The zero-order valence-electron chi connectivity index (χ0n) is 18.4. The molecule has 3 aromatic carbocycles. The molecule has 0 aromatic heterocycles. The van der Waals surface area contributed by atoms with Crippen LogP contribution in [0.5, 0.6) is 5.75 Å². The van der Waals surface area contributed by atoms with Gasteiger partial charge >= 0.3 is 0 Å². The van der Waals surface area contributed by atoms with Crippen molar-refractivity contribution in [3.05, 3.63) is 92.5 Å². The molecule has 3 aromatic rings. The lowest BCUT2D eigenvalue weighted by molar-refractivity contribution is -0.122. The van der Waals surface area contributed by atoms with Crippen LogP contribution in [-0.2, 0) is 16.0 Å². The second kappa shape index (κ2) is 10.6. The molecule has 1 atom stereocenters.